The average molecular weight is 421 g/mol. The number of halogens is 1. The van der Waals surface area contributed by atoms with Gasteiger partial charge in [-0.05, 0) is 56.5 Å². The summed E-state index contributed by atoms with van der Waals surface area (Å²) >= 11 is 0. The molecule has 3 aromatic rings. The van der Waals surface area contributed by atoms with E-state index >= 15 is 0 Å². The van der Waals surface area contributed by atoms with Crippen LogP contribution in [0, 0.1) is 12.7 Å². The molecule has 4 rings (SSSR count). The number of nitrogens with one attached hydrogen (secondary N) is 1. The van der Waals surface area contributed by atoms with Gasteiger partial charge in [-0.3, -0.25) is 9.48 Å². The van der Waals surface area contributed by atoms with Gasteiger partial charge in [0.1, 0.15) is 23.5 Å². The molecule has 2 aromatic heterocycles. The van der Waals surface area contributed by atoms with Gasteiger partial charge in [0.05, 0.1) is 5.69 Å². The fourth-order valence-electron chi connectivity index (χ4n) is 3.60. The number of carbonyl (C=O) groups is 1. The highest BCUT2D eigenvalue weighted by Gasteiger charge is 2.25. The van der Waals surface area contributed by atoms with E-state index in [4.69, 9.17) is 0 Å². The van der Waals surface area contributed by atoms with Crippen molar-refractivity contribution in [2.45, 2.75) is 33.2 Å². The van der Waals surface area contributed by atoms with E-state index in [2.05, 4.69) is 25.4 Å². The van der Waals surface area contributed by atoms with Crippen LogP contribution in [0.5, 0.6) is 0 Å². The van der Waals surface area contributed by atoms with Gasteiger partial charge < -0.3 is 10.2 Å². The number of rotatable bonds is 7. The van der Waals surface area contributed by atoms with Crippen molar-refractivity contribution in [1.82, 2.24) is 25.1 Å². The summed E-state index contributed by atoms with van der Waals surface area (Å²) in [4.78, 5) is 27.8. The third kappa shape index (κ3) is 4.60. The number of hydrogen-bond acceptors (Lipinski definition) is 6. The van der Waals surface area contributed by atoms with Gasteiger partial charge in [0.2, 0.25) is 0 Å². The maximum atomic E-state index is 13.6. The summed E-state index contributed by atoms with van der Waals surface area (Å²) in [6.07, 6.45) is 6.58. The number of carbonyl (C=O) groups excluding carboxylic acids is 1. The lowest BCUT2D eigenvalue weighted by atomic mass is 10.1. The van der Waals surface area contributed by atoms with Gasteiger partial charge >= 0.3 is 0 Å². The van der Waals surface area contributed by atoms with E-state index < -0.39 is 0 Å². The molecule has 0 radical (unpaired) electrons. The van der Waals surface area contributed by atoms with E-state index in [1.165, 1.54) is 12.4 Å². The van der Waals surface area contributed by atoms with Crippen LogP contribution in [0.4, 0.5) is 21.6 Å². The summed E-state index contributed by atoms with van der Waals surface area (Å²) in [5.41, 5.74) is 3.38. The minimum Gasteiger partial charge on any atom is -0.351 e. The van der Waals surface area contributed by atoms with Gasteiger partial charge in [-0.1, -0.05) is 0 Å². The lowest BCUT2D eigenvalue weighted by molar-refractivity contribution is -0.114. The highest BCUT2D eigenvalue weighted by Crippen LogP contribution is 2.39. The Bertz CT molecular complexity index is 1110. The van der Waals surface area contributed by atoms with Crippen molar-refractivity contribution in [3.8, 4) is 0 Å². The summed E-state index contributed by atoms with van der Waals surface area (Å²) in [6, 6.07) is 6.61. The molecule has 0 aliphatic carbocycles. The van der Waals surface area contributed by atoms with Crippen LogP contribution in [0.3, 0.4) is 0 Å². The summed E-state index contributed by atoms with van der Waals surface area (Å²) in [5.74, 6) is 0.125. The van der Waals surface area contributed by atoms with E-state index in [0.717, 1.165) is 30.6 Å². The minimum atomic E-state index is -0.252. The molecule has 1 amide bonds. The fraction of sp³-hybridized carbons (Fsp3) is 0.318. The van der Waals surface area contributed by atoms with Gasteiger partial charge in [0.15, 0.2) is 5.82 Å². The maximum Gasteiger partial charge on any atom is 0.265 e. The minimum absolute atomic E-state index is 0.237. The van der Waals surface area contributed by atoms with Crippen LogP contribution in [-0.2, 0) is 17.8 Å². The molecule has 0 unspecified atom stereocenters. The molecule has 0 saturated heterocycles. The first-order chi connectivity index (χ1) is 15.0. The number of anilines is 2. The molecule has 1 N–H and O–H groups in total. The van der Waals surface area contributed by atoms with Crippen molar-refractivity contribution in [1.29, 1.82) is 0 Å². The van der Waals surface area contributed by atoms with E-state index in [1.807, 2.05) is 28.8 Å². The Morgan fingerprint density at radius 1 is 1.32 bits per heavy atom. The Balaban J connectivity index is 1.49. The highest BCUT2D eigenvalue weighted by molar-refractivity contribution is 6.38. The Kier molecular flexibility index (Phi) is 6.01. The molecule has 0 fully saturated rings. The molecule has 1 aromatic carbocycles. The van der Waals surface area contributed by atoms with Crippen LogP contribution in [0.25, 0.3) is 0 Å². The molecule has 9 heteroatoms. The highest BCUT2D eigenvalue weighted by atomic mass is 19.1. The molecule has 0 atom stereocenters. The molecule has 160 valence electrons. The molecular weight excluding hydrogens is 397 g/mol. The van der Waals surface area contributed by atoms with Gasteiger partial charge in [-0.25, -0.2) is 19.4 Å². The van der Waals surface area contributed by atoms with Gasteiger partial charge in [0.25, 0.3) is 5.91 Å². The summed E-state index contributed by atoms with van der Waals surface area (Å²) < 4.78 is 15.4. The second-order valence-corrected chi connectivity index (χ2v) is 7.38. The van der Waals surface area contributed by atoms with Crippen LogP contribution < -0.4 is 10.2 Å². The number of aliphatic imine (C=N–C) groups is 1. The summed E-state index contributed by atoms with van der Waals surface area (Å²) in [5, 5.41) is 7.03. The standard InChI is InChI=1S/C22H24FN7O/c1-15-20(28-16(2)22(31)24-8-3-10-29-11-4-9-27-29)21(26-14-25-15)30-12-7-17-13-18(23)5-6-19(17)30/h4-6,9,11,13-14H,3,7-8,10,12H2,1-2H3,(H,24,31). The van der Waals surface area contributed by atoms with Crippen LogP contribution in [-0.4, -0.2) is 44.5 Å². The fourth-order valence-corrected chi connectivity index (χ4v) is 3.60. The zero-order valence-electron chi connectivity index (χ0n) is 17.5. The first-order valence-corrected chi connectivity index (χ1v) is 10.2. The van der Waals surface area contributed by atoms with E-state index in [-0.39, 0.29) is 11.7 Å². The molecule has 1 aliphatic rings. The normalized spacial score (nSPS) is 13.4. The van der Waals surface area contributed by atoms with Crippen LogP contribution >= 0.6 is 0 Å². The zero-order valence-corrected chi connectivity index (χ0v) is 17.5. The molecule has 0 saturated carbocycles. The van der Waals surface area contributed by atoms with Crippen LogP contribution in [0.15, 0.2) is 48.0 Å². The molecule has 0 spiro atoms. The Morgan fingerprint density at radius 2 is 2.19 bits per heavy atom. The number of aryl methyl sites for hydroxylation is 2. The van der Waals surface area contributed by atoms with E-state index in [1.54, 1.807) is 25.3 Å². The van der Waals surface area contributed by atoms with Gasteiger partial charge in [0, 0.05) is 37.7 Å². The summed E-state index contributed by atoms with van der Waals surface area (Å²) in [7, 11) is 0. The second kappa shape index (κ2) is 9.03. The Hall–Kier alpha value is -3.62. The third-order valence-corrected chi connectivity index (χ3v) is 5.20. The Labute approximate surface area is 179 Å². The monoisotopic (exact) mass is 421 g/mol. The van der Waals surface area contributed by atoms with Crippen molar-refractivity contribution in [3.05, 3.63) is 60.1 Å². The molecular formula is C22H24FN7O. The van der Waals surface area contributed by atoms with Crippen molar-refractivity contribution >= 4 is 28.8 Å². The second-order valence-electron chi connectivity index (χ2n) is 7.38. The predicted molar refractivity (Wildman–Crippen MR) is 117 cm³/mol. The maximum absolute atomic E-state index is 13.6. The molecule has 31 heavy (non-hydrogen) atoms. The van der Waals surface area contributed by atoms with Crippen molar-refractivity contribution in [3.63, 3.8) is 0 Å². The first-order valence-electron chi connectivity index (χ1n) is 10.2. The van der Waals surface area contributed by atoms with Crippen molar-refractivity contribution in [2.24, 2.45) is 4.99 Å². The summed E-state index contributed by atoms with van der Waals surface area (Å²) in [6.45, 7) is 5.42. The molecule has 3 heterocycles. The molecule has 0 bridgehead atoms. The van der Waals surface area contributed by atoms with Crippen molar-refractivity contribution in [2.75, 3.05) is 18.0 Å². The van der Waals surface area contributed by atoms with Gasteiger partial charge in [-0.2, -0.15) is 5.10 Å². The smallest absolute Gasteiger partial charge is 0.265 e. The van der Waals surface area contributed by atoms with E-state index in [0.29, 0.717) is 36.0 Å². The third-order valence-electron chi connectivity index (χ3n) is 5.20. The van der Waals surface area contributed by atoms with Crippen LogP contribution in [0.1, 0.15) is 24.6 Å². The number of nitrogens with zero attached hydrogens (tertiary/aromatic N) is 6. The lowest BCUT2D eigenvalue weighted by Gasteiger charge is -2.20. The first kappa shape index (κ1) is 20.6. The van der Waals surface area contributed by atoms with E-state index in [9.17, 15) is 9.18 Å². The van der Waals surface area contributed by atoms with Crippen molar-refractivity contribution < 1.29 is 9.18 Å². The predicted octanol–water partition coefficient (Wildman–Crippen LogP) is 3.11. The largest absolute Gasteiger partial charge is 0.351 e. The Morgan fingerprint density at radius 3 is 3.00 bits per heavy atom. The molecule has 8 nitrogen and oxygen atoms in total. The topological polar surface area (TPSA) is 88.3 Å². The quantitative estimate of drug-likeness (QED) is 0.468. The number of amides is 1. The zero-order chi connectivity index (χ0) is 21.8. The number of benzene rings is 1. The average Bonchev–Trinajstić information content (AvgIpc) is 3.42. The number of aromatic nitrogens is 4. The number of fused-ring (bicyclic) bond motifs is 1. The molecule has 1 aliphatic heterocycles. The SMILES string of the molecule is CC(=Nc1c(C)ncnc1N1CCc2cc(F)ccc21)C(=O)NCCCn1cccn1. The van der Waals surface area contributed by atoms with Crippen LogP contribution in [0.2, 0.25) is 0 Å². The van der Waals surface area contributed by atoms with Gasteiger partial charge in [-0.15, -0.1) is 0 Å². The number of hydrogen-bond donors (Lipinski definition) is 1. The lowest BCUT2D eigenvalue weighted by Crippen LogP contribution is -2.30.